The van der Waals surface area contributed by atoms with Gasteiger partial charge in [0, 0.05) is 25.7 Å². The highest BCUT2D eigenvalue weighted by molar-refractivity contribution is 5.44. The molecule has 0 saturated carbocycles. The second-order valence-electron chi connectivity index (χ2n) is 5.87. The van der Waals surface area contributed by atoms with E-state index in [9.17, 15) is 0 Å². The van der Waals surface area contributed by atoms with E-state index in [-0.39, 0.29) is 6.04 Å². The molecule has 1 fully saturated rings. The molecule has 1 aromatic rings. The summed E-state index contributed by atoms with van der Waals surface area (Å²) in [6, 6.07) is 5.94. The predicted octanol–water partition coefficient (Wildman–Crippen LogP) is 1.57. The lowest BCUT2D eigenvalue weighted by Gasteiger charge is -2.25. The van der Waals surface area contributed by atoms with Gasteiger partial charge in [0.25, 0.3) is 0 Å². The van der Waals surface area contributed by atoms with Gasteiger partial charge in [0.15, 0.2) is 11.5 Å². The third-order valence-corrected chi connectivity index (χ3v) is 4.04. The highest BCUT2D eigenvalue weighted by Gasteiger charge is 2.20. The van der Waals surface area contributed by atoms with Crippen molar-refractivity contribution >= 4 is 0 Å². The van der Waals surface area contributed by atoms with Crippen molar-refractivity contribution in [2.24, 2.45) is 5.73 Å². The highest BCUT2D eigenvalue weighted by Crippen LogP contribution is 2.32. The van der Waals surface area contributed by atoms with Gasteiger partial charge in [-0.05, 0) is 37.6 Å². The summed E-state index contributed by atoms with van der Waals surface area (Å²) in [6.07, 6.45) is 2.69. The van der Waals surface area contributed by atoms with Crippen LogP contribution in [0.25, 0.3) is 0 Å². The van der Waals surface area contributed by atoms with Crippen molar-refractivity contribution in [3.8, 4) is 11.5 Å². The maximum absolute atomic E-state index is 6.32. The van der Waals surface area contributed by atoms with Crippen molar-refractivity contribution in [2.45, 2.75) is 25.0 Å². The fourth-order valence-electron chi connectivity index (χ4n) is 2.94. The number of fused-ring (bicyclic) bond motifs is 1. The van der Waals surface area contributed by atoms with Crippen LogP contribution in [0.3, 0.4) is 0 Å². The summed E-state index contributed by atoms with van der Waals surface area (Å²) < 4.78 is 16.8. The number of hydrogen-bond donors (Lipinski definition) is 1. The van der Waals surface area contributed by atoms with Gasteiger partial charge in [-0.1, -0.05) is 6.07 Å². The largest absolute Gasteiger partial charge is 0.486 e. The van der Waals surface area contributed by atoms with Crippen LogP contribution in [0.15, 0.2) is 18.2 Å². The second-order valence-corrected chi connectivity index (χ2v) is 5.87. The Morgan fingerprint density at radius 1 is 1.24 bits per heavy atom. The van der Waals surface area contributed by atoms with Crippen molar-refractivity contribution in [3.05, 3.63) is 23.8 Å². The van der Waals surface area contributed by atoms with E-state index in [1.54, 1.807) is 0 Å². The number of nitrogens with two attached hydrogens (primary N) is 1. The molecule has 2 atom stereocenters. The van der Waals surface area contributed by atoms with E-state index in [2.05, 4.69) is 11.9 Å². The molecule has 116 valence electrons. The molecule has 2 heterocycles. The summed E-state index contributed by atoms with van der Waals surface area (Å²) in [5.41, 5.74) is 7.41. The van der Waals surface area contributed by atoms with Gasteiger partial charge in [0.2, 0.25) is 0 Å². The molecule has 21 heavy (non-hydrogen) atoms. The Morgan fingerprint density at radius 3 is 2.81 bits per heavy atom. The van der Waals surface area contributed by atoms with E-state index >= 15 is 0 Å². The minimum Gasteiger partial charge on any atom is -0.486 e. The van der Waals surface area contributed by atoms with E-state index < -0.39 is 0 Å². The predicted molar refractivity (Wildman–Crippen MR) is 80.8 cm³/mol. The van der Waals surface area contributed by atoms with Gasteiger partial charge < -0.3 is 24.8 Å². The van der Waals surface area contributed by atoms with Crippen LogP contribution in [-0.2, 0) is 4.74 Å². The SMILES string of the molecule is CN(CC1CCCO1)CC(N)c1ccc2c(c1)OCCO2. The number of nitrogens with zero attached hydrogens (tertiary/aromatic N) is 1. The molecular formula is C16H24N2O3. The van der Waals surface area contributed by atoms with Crippen molar-refractivity contribution in [1.82, 2.24) is 4.90 Å². The maximum atomic E-state index is 6.32. The first-order valence-electron chi connectivity index (χ1n) is 7.67. The molecule has 0 bridgehead atoms. The smallest absolute Gasteiger partial charge is 0.161 e. The third kappa shape index (κ3) is 3.67. The van der Waals surface area contributed by atoms with Crippen molar-refractivity contribution in [3.63, 3.8) is 0 Å². The van der Waals surface area contributed by atoms with Gasteiger partial charge >= 0.3 is 0 Å². The average Bonchev–Trinajstić information content (AvgIpc) is 2.99. The summed E-state index contributed by atoms with van der Waals surface area (Å²) in [5, 5.41) is 0. The number of likely N-dealkylation sites (N-methyl/N-ethyl adjacent to an activating group) is 1. The third-order valence-electron chi connectivity index (χ3n) is 4.04. The molecule has 3 rings (SSSR count). The quantitative estimate of drug-likeness (QED) is 0.892. The first-order valence-corrected chi connectivity index (χ1v) is 7.67. The van der Waals surface area contributed by atoms with Gasteiger partial charge in [0.1, 0.15) is 13.2 Å². The van der Waals surface area contributed by atoms with Crippen molar-refractivity contribution < 1.29 is 14.2 Å². The lowest BCUT2D eigenvalue weighted by molar-refractivity contribution is 0.0796. The number of rotatable bonds is 5. The van der Waals surface area contributed by atoms with Crippen LogP contribution >= 0.6 is 0 Å². The zero-order valence-corrected chi connectivity index (χ0v) is 12.6. The molecule has 2 aliphatic rings. The molecule has 2 unspecified atom stereocenters. The first-order chi connectivity index (χ1) is 10.2. The molecule has 1 aromatic carbocycles. The Bertz CT molecular complexity index is 475. The standard InChI is InChI=1S/C16H24N2O3/c1-18(10-13-3-2-6-19-13)11-14(17)12-4-5-15-16(9-12)21-8-7-20-15/h4-5,9,13-14H,2-3,6-8,10-11,17H2,1H3. The Balaban J connectivity index is 1.57. The molecule has 0 aliphatic carbocycles. The molecule has 0 spiro atoms. The molecule has 0 aromatic heterocycles. The van der Waals surface area contributed by atoms with Crippen LogP contribution < -0.4 is 15.2 Å². The van der Waals surface area contributed by atoms with Gasteiger partial charge in [-0.15, -0.1) is 0 Å². The second kappa shape index (κ2) is 6.64. The Hall–Kier alpha value is -1.30. The van der Waals surface area contributed by atoms with Crippen LogP contribution in [0.4, 0.5) is 0 Å². The minimum absolute atomic E-state index is 0.0350. The van der Waals surface area contributed by atoms with Crippen LogP contribution in [-0.4, -0.2) is 51.0 Å². The summed E-state index contributed by atoms with van der Waals surface area (Å²) in [6.45, 7) is 3.86. The molecule has 5 heteroatoms. The van der Waals surface area contributed by atoms with E-state index in [0.717, 1.165) is 43.2 Å². The Labute approximate surface area is 126 Å². The molecular weight excluding hydrogens is 268 g/mol. The number of benzene rings is 1. The molecule has 2 N–H and O–H groups in total. The van der Waals surface area contributed by atoms with Gasteiger partial charge in [-0.25, -0.2) is 0 Å². The number of hydrogen-bond acceptors (Lipinski definition) is 5. The lowest BCUT2D eigenvalue weighted by atomic mass is 10.1. The maximum Gasteiger partial charge on any atom is 0.161 e. The average molecular weight is 292 g/mol. The molecule has 0 amide bonds. The summed E-state index contributed by atoms with van der Waals surface area (Å²) in [5.74, 6) is 1.61. The fraction of sp³-hybridized carbons (Fsp3) is 0.625. The minimum atomic E-state index is -0.0350. The fourth-order valence-corrected chi connectivity index (χ4v) is 2.94. The van der Waals surface area contributed by atoms with Crippen LogP contribution in [0.2, 0.25) is 0 Å². The highest BCUT2D eigenvalue weighted by atomic mass is 16.6. The van der Waals surface area contributed by atoms with E-state index in [1.807, 2.05) is 18.2 Å². The van der Waals surface area contributed by atoms with E-state index in [0.29, 0.717) is 19.3 Å². The van der Waals surface area contributed by atoms with E-state index in [1.165, 1.54) is 6.42 Å². The van der Waals surface area contributed by atoms with Crippen molar-refractivity contribution in [1.29, 1.82) is 0 Å². The van der Waals surface area contributed by atoms with Crippen LogP contribution in [0.1, 0.15) is 24.4 Å². The molecule has 0 radical (unpaired) electrons. The zero-order valence-electron chi connectivity index (χ0n) is 12.6. The molecule has 2 aliphatic heterocycles. The van der Waals surface area contributed by atoms with Crippen LogP contribution in [0, 0.1) is 0 Å². The van der Waals surface area contributed by atoms with Gasteiger partial charge in [-0.3, -0.25) is 0 Å². The van der Waals surface area contributed by atoms with Crippen molar-refractivity contribution in [2.75, 3.05) is 40.0 Å². The Kier molecular flexibility index (Phi) is 4.63. The summed E-state index contributed by atoms with van der Waals surface area (Å²) >= 11 is 0. The summed E-state index contributed by atoms with van der Waals surface area (Å²) in [7, 11) is 2.10. The number of ether oxygens (including phenoxy) is 3. The van der Waals surface area contributed by atoms with Gasteiger partial charge in [0.05, 0.1) is 6.10 Å². The Morgan fingerprint density at radius 2 is 2.05 bits per heavy atom. The lowest BCUT2D eigenvalue weighted by Crippen LogP contribution is -2.34. The van der Waals surface area contributed by atoms with Gasteiger partial charge in [-0.2, -0.15) is 0 Å². The topological polar surface area (TPSA) is 57.0 Å². The summed E-state index contributed by atoms with van der Waals surface area (Å²) in [4.78, 5) is 2.25. The molecule has 5 nitrogen and oxygen atoms in total. The van der Waals surface area contributed by atoms with E-state index in [4.69, 9.17) is 19.9 Å². The monoisotopic (exact) mass is 292 g/mol. The van der Waals surface area contributed by atoms with Crippen LogP contribution in [0.5, 0.6) is 11.5 Å². The molecule has 1 saturated heterocycles. The normalized spacial score (nSPS) is 22.5. The first kappa shape index (κ1) is 14.6. The zero-order chi connectivity index (χ0) is 14.7.